The van der Waals surface area contributed by atoms with E-state index in [-0.39, 0.29) is 11.9 Å². The van der Waals surface area contributed by atoms with Crippen molar-refractivity contribution in [3.05, 3.63) is 66.0 Å². The molecule has 114 valence electrons. The molecule has 2 atom stereocenters. The molecule has 1 aliphatic rings. The van der Waals surface area contributed by atoms with Crippen LogP contribution < -0.4 is 5.32 Å². The predicted octanol–water partition coefficient (Wildman–Crippen LogP) is 2.65. The van der Waals surface area contributed by atoms with Crippen LogP contribution in [-0.2, 0) is 0 Å². The summed E-state index contributed by atoms with van der Waals surface area (Å²) < 4.78 is 0. The van der Waals surface area contributed by atoms with Crippen LogP contribution in [0.5, 0.6) is 0 Å². The van der Waals surface area contributed by atoms with Crippen molar-refractivity contribution in [3.8, 4) is 0 Å². The topological polar surface area (TPSA) is 45.2 Å². The minimum atomic E-state index is -0.0835. The smallest absolute Gasteiger partial charge is 0.270 e. The number of nitrogens with one attached hydrogen (secondary N) is 1. The summed E-state index contributed by atoms with van der Waals surface area (Å²) in [7, 11) is 0. The zero-order valence-electron chi connectivity index (χ0n) is 12.8. The van der Waals surface area contributed by atoms with E-state index in [1.807, 2.05) is 18.2 Å². The molecular weight excluding hydrogens is 274 g/mol. The van der Waals surface area contributed by atoms with Gasteiger partial charge in [0, 0.05) is 31.4 Å². The lowest BCUT2D eigenvalue weighted by atomic mass is 10.1. The summed E-state index contributed by atoms with van der Waals surface area (Å²) in [5.41, 5.74) is 1.80. The van der Waals surface area contributed by atoms with E-state index in [1.54, 1.807) is 12.3 Å². The second kappa shape index (κ2) is 6.71. The van der Waals surface area contributed by atoms with Crippen molar-refractivity contribution in [1.82, 2.24) is 15.2 Å². The largest absolute Gasteiger partial charge is 0.347 e. The van der Waals surface area contributed by atoms with E-state index in [2.05, 4.69) is 46.4 Å². The molecule has 0 radical (unpaired) electrons. The van der Waals surface area contributed by atoms with Crippen molar-refractivity contribution < 1.29 is 4.79 Å². The molecule has 22 heavy (non-hydrogen) atoms. The van der Waals surface area contributed by atoms with Gasteiger partial charge in [-0.1, -0.05) is 36.4 Å². The zero-order valence-corrected chi connectivity index (χ0v) is 12.8. The highest BCUT2D eigenvalue weighted by Crippen LogP contribution is 2.24. The molecule has 1 aliphatic heterocycles. The van der Waals surface area contributed by atoms with E-state index < -0.39 is 0 Å². The van der Waals surface area contributed by atoms with Gasteiger partial charge in [-0.2, -0.15) is 0 Å². The molecule has 2 unspecified atom stereocenters. The molecule has 1 N–H and O–H groups in total. The number of carbonyl (C=O) groups is 1. The van der Waals surface area contributed by atoms with Crippen LogP contribution >= 0.6 is 0 Å². The molecule has 4 nitrogen and oxygen atoms in total. The molecule has 3 rings (SSSR count). The first-order valence-corrected chi connectivity index (χ1v) is 7.75. The zero-order chi connectivity index (χ0) is 15.4. The molecule has 0 spiro atoms. The van der Waals surface area contributed by atoms with Crippen LogP contribution in [0.4, 0.5) is 0 Å². The van der Waals surface area contributed by atoms with Gasteiger partial charge in [-0.15, -0.1) is 0 Å². The van der Waals surface area contributed by atoms with Crippen molar-refractivity contribution >= 4 is 5.91 Å². The third-order valence-corrected chi connectivity index (χ3v) is 4.28. The maximum Gasteiger partial charge on any atom is 0.270 e. The standard InChI is InChI=1S/C18H21N3O/c1-14(15-7-3-2-4-8-15)21-12-10-16(13-21)20-18(22)17-9-5-6-11-19-17/h2-9,11,14,16H,10,12-13H2,1H3,(H,20,22). The molecule has 2 aromatic rings. The summed E-state index contributed by atoms with van der Waals surface area (Å²) in [4.78, 5) is 18.7. The lowest BCUT2D eigenvalue weighted by molar-refractivity contribution is 0.0931. The van der Waals surface area contributed by atoms with E-state index >= 15 is 0 Å². The average Bonchev–Trinajstić information content (AvgIpc) is 3.04. The maximum atomic E-state index is 12.2. The predicted molar refractivity (Wildman–Crippen MR) is 86.5 cm³/mol. The van der Waals surface area contributed by atoms with Crippen LogP contribution in [0.2, 0.25) is 0 Å². The summed E-state index contributed by atoms with van der Waals surface area (Å²) in [6.07, 6.45) is 2.63. The van der Waals surface area contributed by atoms with Crippen molar-refractivity contribution in [3.63, 3.8) is 0 Å². The minimum Gasteiger partial charge on any atom is -0.347 e. The first-order valence-electron chi connectivity index (χ1n) is 7.75. The van der Waals surface area contributed by atoms with Gasteiger partial charge < -0.3 is 5.32 Å². The lowest BCUT2D eigenvalue weighted by Crippen LogP contribution is -2.37. The molecule has 0 aliphatic carbocycles. The number of aromatic nitrogens is 1. The Labute approximate surface area is 131 Å². The van der Waals surface area contributed by atoms with Crippen molar-refractivity contribution in [2.75, 3.05) is 13.1 Å². The Hall–Kier alpha value is -2.20. The monoisotopic (exact) mass is 295 g/mol. The molecule has 0 saturated carbocycles. The van der Waals surface area contributed by atoms with E-state index in [9.17, 15) is 4.79 Å². The van der Waals surface area contributed by atoms with Crippen molar-refractivity contribution in [2.24, 2.45) is 0 Å². The Bertz CT molecular complexity index is 615. The Morgan fingerprint density at radius 3 is 2.73 bits per heavy atom. The summed E-state index contributed by atoms with van der Waals surface area (Å²) in [5.74, 6) is -0.0835. The van der Waals surface area contributed by atoms with Gasteiger partial charge in [0.05, 0.1) is 0 Å². The normalized spacial score (nSPS) is 19.8. The van der Waals surface area contributed by atoms with Gasteiger partial charge in [-0.25, -0.2) is 0 Å². The molecule has 1 saturated heterocycles. The van der Waals surface area contributed by atoms with Crippen LogP contribution in [0.25, 0.3) is 0 Å². The van der Waals surface area contributed by atoms with E-state index in [4.69, 9.17) is 0 Å². The Morgan fingerprint density at radius 1 is 1.23 bits per heavy atom. The number of hydrogen-bond donors (Lipinski definition) is 1. The summed E-state index contributed by atoms with van der Waals surface area (Å²) in [5, 5.41) is 3.09. The fourth-order valence-corrected chi connectivity index (χ4v) is 2.96. The molecule has 1 aromatic heterocycles. The number of carbonyl (C=O) groups excluding carboxylic acids is 1. The fourth-order valence-electron chi connectivity index (χ4n) is 2.96. The summed E-state index contributed by atoms with van der Waals surface area (Å²) in [6, 6.07) is 16.5. The molecule has 2 heterocycles. The van der Waals surface area contributed by atoms with Crippen LogP contribution in [0.15, 0.2) is 54.7 Å². The van der Waals surface area contributed by atoms with E-state index in [1.165, 1.54) is 5.56 Å². The highest BCUT2D eigenvalue weighted by atomic mass is 16.1. The molecular formula is C18H21N3O. The van der Waals surface area contributed by atoms with Gasteiger partial charge in [-0.3, -0.25) is 14.7 Å². The maximum absolute atomic E-state index is 12.2. The SMILES string of the molecule is CC(c1ccccc1)N1CCC(NC(=O)c2ccccn2)C1. The number of benzene rings is 1. The third kappa shape index (κ3) is 3.34. The lowest BCUT2D eigenvalue weighted by Gasteiger charge is -2.24. The van der Waals surface area contributed by atoms with Crippen LogP contribution in [0.3, 0.4) is 0 Å². The molecule has 1 aromatic carbocycles. The number of rotatable bonds is 4. The first-order chi connectivity index (χ1) is 10.7. The summed E-state index contributed by atoms with van der Waals surface area (Å²) >= 11 is 0. The number of pyridine rings is 1. The minimum absolute atomic E-state index is 0.0835. The fraction of sp³-hybridized carbons (Fsp3) is 0.333. The van der Waals surface area contributed by atoms with E-state index in [0.717, 1.165) is 19.5 Å². The van der Waals surface area contributed by atoms with Gasteiger partial charge >= 0.3 is 0 Å². The van der Waals surface area contributed by atoms with Gasteiger partial charge in [0.25, 0.3) is 5.91 Å². The summed E-state index contributed by atoms with van der Waals surface area (Å²) in [6.45, 7) is 4.11. The van der Waals surface area contributed by atoms with Gasteiger partial charge in [0.2, 0.25) is 0 Å². The van der Waals surface area contributed by atoms with Crippen LogP contribution in [0.1, 0.15) is 35.4 Å². The molecule has 0 bridgehead atoms. The number of hydrogen-bond acceptors (Lipinski definition) is 3. The average molecular weight is 295 g/mol. The molecule has 1 fully saturated rings. The van der Waals surface area contributed by atoms with Crippen molar-refractivity contribution in [1.29, 1.82) is 0 Å². The van der Waals surface area contributed by atoms with Crippen molar-refractivity contribution in [2.45, 2.75) is 25.4 Å². The number of nitrogens with zero attached hydrogens (tertiary/aromatic N) is 2. The van der Waals surface area contributed by atoms with Gasteiger partial charge in [0.1, 0.15) is 5.69 Å². The molecule has 4 heteroatoms. The number of likely N-dealkylation sites (tertiary alicyclic amines) is 1. The van der Waals surface area contributed by atoms with Crippen LogP contribution in [-0.4, -0.2) is 34.9 Å². The van der Waals surface area contributed by atoms with Gasteiger partial charge in [0.15, 0.2) is 0 Å². The van der Waals surface area contributed by atoms with Crippen LogP contribution in [0, 0.1) is 0 Å². The second-order valence-electron chi connectivity index (χ2n) is 5.76. The first kappa shape index (κ1) is 14.7. The highest BCUT2D eigenvalue weighted by Gasteiger charge is 2.28. The third-order valence-electron chi connectivity index (χ3n) is 4.28. The highest BCUT2D eigenvalue weighted by molar-refractivity contribution is 5.92. The second-order valence-corrected chi connectivity index (χ2v) is 5.76. The van der Waals surface area contributed by atoms with E-state index in [0.29, 0.717) is 11.7 Å². The van der Waals surface area contributed by atoms with Gasteiger partial charge in [-0.05, 0) is 31.0 Å². The number of amides is 1. The molecule has 1 amide bonds. The quantitative estimate of drug-likeness (QED) is 0.943. The Kier molecular flexibility index (Phi) is 4.49. The Balaban J connectivity index is 1.57. The Morgan fingerprint density at radius 2 is 2.00 bits per heavy atom.